The first kappa shape index (κ1) is 13.9. The van der Waals surface area contributed by atoms with Crippen LogP contribution in [-0.2, 0) is 9.47 Å². The van der Waals surface area contributed by atoms with Crippen molar-refractivity contribution in [3.63, 3.8) is 0 Å². The van der Waals surface area contributed by atoms with Crippen LogP contribution >= 0.6 is 0 Å². The second-order valence-electron chi connectivity index (χ2n) is 3.97. The molecule has 94 valence electrons. The molecule has 1 rings (SSSR count). The molecule has 0 saturated carbocycles. The van der Waals surface area contributed by atoms with Crippen molar-refractivity contribution < 1.29 is 14.6 Å². The second-order valence-corrected chi connectivity index (χ2v) is 3.97. The number of methoxy groups -OCH3 is 2. The molecule has 1 aromatic carbocycles. The van der Waals surface area contributed by atoms with E-state index in [-0.39, 0.29) is 6.29 Å². The molecule has 0 fully saturated rings. The van der Waals surface area contributed by atoms with Gasteiger partial charge in [-0.1, -0.05) is 42.0 Å². The second kappa shape index (κ2) is 7.22. The molecule has 0 bridgehead atoms. The van der Waals surface area contributed by atoms with Crippen molar-refractivity contribution in [1.29, 1.82) is 0 Å². The molecule has 3 nitrogen and oxygen atoms in total. The predicted molar refractivity (Wildman–Crippen MR) is 67.6 cm³/mol. The number of ether oxygens (including phenoxy) is 2. The lowest BCUT2D eigenvalue weighted by atomic mass is 10.1. The van der Waals surface area contributed by atoms with Gasteiger partial charge in [-0.05, 0) is 12.5 Å². The minimum Gasteiger partial charge on any atom is -0.384 e. The first-order valence-electron chi connectivity index (χ1n) is 5.63. The molecule has 1 aromatic rings. The van der Waals surface area contributed by atoms with Crippen molar-refractivity contribution in [3.8, 4) is 0 Å². The van der Waals surface area contributed by atoms with Crippen LogP contribution in [0.4, 0.5) is 0 Å². The van der Waals surface area contributed by atoms with Crippen LogP contribution < -0.4 is 0 Å². The molecule has 0 amide bonds. The molecule has 3 heteroatoms. The number of rotatable bonds is 6. The Bertz CT molecular complexity index is 342. The van der Waals surface area contributed by atoms with E-state index in [1.807, 2.05) is 43.3 Å². The monoisotopic (exact) mass is 236 g/mol. The van der Waals surface area contributed by atoms with Gasteiger partial charge >= 0.3 is 0 Å². The van der Waals surface area contributed by atoms with Crippen molar-refractivity contribution >= 4 is 0 Å². The van der Waals surface area contributed by atoms with E-state index >= 15 is 0 Å². The van der Waals surface area contributed by atoms with Crippen molar-refractivity contribution in [1.82, 2.24) is 0 Å². The molecule has 0 aromatic heterocycles. The van der Waals surface area contributed by atoms with Gasteiger partial charge in [0, 0.05) is 20.6 Å². The zero-order valence-corrected chi connectivity index (χ0v) is 10.6. The normalized spacial score (nSPS) is 14.1. The third kappa shape index (κ3) is 4.69. The summed E-state index contributed by atoms with van der Waals surface area (Å²) in [6, 6.07) is 9.56. The molecular weight excluding hydrogens is 216 g/mol. The Morgan fingerprint density at radius 1 is 1.24 bits per heavy atom. The minimum atomic E-state index is -0.578. The van der Waals surface area contributed by atoms with Crippen LogP contribution in [0.2, 0.25) is 0 Å². The molecule has 1 N–H and O–H groups in total. The SMILES string of the molecule is COC(C/C(C)=C/C(O)c1ccccc1)OC. The molecular formula is C14H20O3. The van der Waals surface area contributed by atoms with Gasteiger partial charge in [0.05, 0.1) is 6.10 Å². The lowest BCUT2D eigenvalue weighted by Crippen LogP contribution is -2.13. The van der Waals surface area contributed by atoms with Crippen molar-refractivity contribution in [2.24, 2.45) is 0 Å². The summed E-state index contributed by atoms with van der Waals surface area (Å²) in [6.07, 6.45) is 1.64. The highest BCUT2D eigenvalue weighted by Gasteiger charge is 2.08. The fourth-order valence-electron chi connectivity index (χ4n) is 1.61. The Balaban J connectivity index is 2.62. The molecule has 0 heterocycles. The third-order valence-electron chi connectivity index (χ3n) is 2.60. The average Bonchev–Trinajstić information content (AvgIpc) is 2.37. The number of hydrogen-bond acceptors (Lipinski definition) is 3. The summed E-state index contributed by atoms with van der Waals surface area (Å²) in [6.45, 7) is 1.96. The molecule has 0 aliphatic carbocycles. The smallest absolute Gasteiger partial charge is 0.160 e. The van der Waals surface area contributed by atoms with E-state index in [9.17, 15) is 5.11 Å². The van der Waals surface area contributed by atoms with E-state index in [1.165, 1.54) is 0 Å². The van der Waals surface area contributed by atoms with Crippen molar-refractivity contribution in [2.75, 3.05) is 14.2 Å². The molecule has 17 heavy (non-hydrogen) atoms. The van der Waals surface area contributed by atoms with Gasteiger partial charge in [-0.25, -0.2) is 0 Å². The van der Waals surface area contributed by atoms with E-state index in [0.717, 1.165) is 11.1 Å². The van der Waals surface area contributed by atoms with Crippen LogP contribution in [0.25, 0.3) is 0 Å². The van der Waals surface area contributed by atoms with Crippen LogP contribution in [0, 0.1) is 0 Å². The van der Waals surface area contributed by atoms with E-state index in [4.69, 9.17) is 9.47 Å². The number of hydrogen-bond donors (Lipinski definition) is 1. The largest absolute Gasteiger partial charge is 0.384 e. The van der Waals surface area contributed by atoms with Gasteiger partial charge in [0.2, 0.25) is 0 Å². The maximum absolute atomic E-state index is 9.99. The highest BCUT2D eigenvalue weighted by atomic mass is 16.7. The minimum absolute atomic E-state index is 0.255. The van der Waals surface area contributed by atoms with Gasteiger partial charge in [0.1, 0.15) is 0 Å². The summed E-state index contributed by atoms with van der Waals surface area (Å²) >= 11 is 0. The van der Waals surface area contributed by atoms with Crippen LogP contribution in [0.5, 0.6) is 0 Å². The van der Waals surface area contributed by atoms with Crippen LogP contribution in [0.15, 0.2) is 42.0 Å². The van der Waals surface area contributed by atoms with E-state index in [0.29, 0.717) is 6.42 Å². The number of aliphatic hydroxyl groups excluding tert-OH is 1. The first-order valence-corrected chi connectivity index (χ1v) is 5.63. The molecule has 0 aliphatic heterocycles. The summed E-state index contributed by atoms with van der Waals surface area (Å²) in [5.41, 5.74) is 1.92. The molecule has 1 unspecified atom stereocenters. The van der Waals surface area contributed by atoms with Gasteiger partial charge in [0.15, 0.2) is 6.29 Å². The first-order chi connectivity index (χ1) is 8.17. The molecule has 1 atom stereocenters. The van der Waals surface area contributed by atoms with Crippen LogP contribution in [0.1, 0.15) is 25.0 Å². The fourth-order valence-corrected chi connectivity index (χ4v) is 1.61. The van der Waals surface area contributed by atoms with Crippen molar-refractivity contribution in [3.05, 3.63) is 47.5 Å². The summed E-state index contributed by atoms with van der Waals surface area (Å²) in [4.78, 5) is 0. The maximum atomic E-state index is 9.99. The Hall–Kier alpha value is -1.16. The topological polar surface area (TPSA) is 38.7 Å². The Labute approximate surface area is 103 Å². The lowest BCUT2D eigenvalue weighted by Gasteiger charge is -2.14. The Kier molecular flexibility index (Phi) is 5.91. The van der Waals surface area contributed by atoms with E-state index in [1.54, 1.807) is 14.2 Å². The van der Waals surface area contributed by atoms with E-state index in [2.05, 4.69) is 0 Å². The van der Waals surface area contributed by atoms with Crippen LogP contribution in [0.3, 0.4) is 0 Å². The zero-order valence-electron chi connectivity index (χ0n) is 10.6. The third-order valence-corrected chi connectivity index (χ3v) is 2.60. The van der Waals surface area contributed by atoms with Crippen LogP contribution in [-0.4, -0.2) is 25.6 Å². The molecule has 0 radical (unpaired) electrons. The van der Waals surface area contributed by atoms with Gasteiger partial charge in [-0.15, -0.1) is 0 Å². The fraction of sp³-hybridized carbons (Fsp3) is 0.429. The Morgan fingerprint density at radius 2 is 1.82 bits per heavy atom. The standard InChI is InChI=1S/C14H20O3/c1-11(10-14(16-2)17-3)9-13(15)12-7-5-4-6-8-12/h4-9,13-15H,10H2,1-3H3/b11-9+. The highest BCUT2D eigenvalue weighted by Crippen LogP contribution is 2.18. The quantitative estimate of drug-likeness (QED) is 0.609. The average molecular weight is 236 g/mol. The number of benzene rings is 1. The zero-order chi connectivity index (χ0) is 12.7. The lowest BCUT2D eigenvalue weighted by molar-refractivity contribution is -0.100. The molecule has 0 saturated heterocycles. The molecule has 0 spiro atoms. The van der Waals surface area contributed by atoms with E-state index < -0.39 is 6.10 Å². The summed E-state index contributed by atoms with van der Waals surface area (Å²) in [5, 5.41) is 9.99. The number of aliphatic hydroxyl groups is 1. The summed E-state index contributed by atoms with van der Waals surface area (Å²) in [7, 11) is 3.21. The van der Waals surface area contributed by atoms with Gasteiger partial charge in [-0.3, -0.25) is 0 Å². The maximum Gasteiger partial charge on any atom is 0.160 e. The van der Waals surface area contributed by atoms with Crippen molar-refractivity contribution in [2.45, 2.75) is 25.7 Å². The Morgan fingerprint density at radius 3 is 2.35 bits per heavy atom. The van der Waals surface area contributed by atoms with Gasteiger partial charge in [0.25, 0.3) is 0 Å². The summed E-state index contributed by atoms with van der Waals surface area (Å²) < 4.78 is 10.2. The van der Waals surface area contributed by atoms with Gasteiger partial charge in [-0.2, -0.15) is 0 Å². The van der Waals surface area contributed by atoms with Gasteiger partial charge < -0.3 is 14.6 Å². The summed E-state index contributed by atoms with van der Waals surface area (Å²) in [5.74, 6) is 0. The molecule has 0 aliphatic rings. The highest BCUT2D eigenvalue weighted by molar-refractivity contribution is 5.22. The predicted octanol–water partition coefficient (Wildman–Crippen LogP) is 2.68.